The molecule has 0 aliphatic heterocycles. The maximum atomic E-state index is 2.38. The topological polar surface area (TPSA) is 0 Å². The number of thiophene rings is 2. The average Bonchev–Trinajstić information content (AvgIpc) is 3.01. The summed E-state index contributed by atoms with van der Waals surface area (Å²) >= 11 is 3.91. The van der Waals surface area contributed by atoms with Gasteiger partial charge in [0.25, 0.3) is 0 Å². The normalized spacial score (nSPS) is 12.5. The quantitative estimate of drug-likeness (QED) is 0.358. The molecule has 0 saturated carbocycles. The Morgan fingerprint density at radius 2 is 1.05 bits per heavy atom. The summed E-state index contributed by atoms with van der Waals surface area (Å²) in [6, 6.07) is 14.0. The third-order valence-corrected chi connectivity index (χ3v) is 6.97. The van der Waals surface area contributed by atoms with Gasteiger partial charge in [-0.2, -0.15) is 0 Å². The van der Waals surface area contributed by atoms with Gasteiger partial charge in [0.05, 0.1) is 9.40 Å². The average molecular weight is 325 g/mol. The van der Waals surface area contributed by atoms with E-state index in [4.69, 9.17) is 0 Å². The summed E-state index contributed by atoms with van der Waals surface area (Å²) in [6.45, 7) is 9.06. The SMILES string of the molecule is CC(C)c1ccc2c(c1)sc1c3ccc(C(C)C)cc3sc21. The Kier molecular flexibility index (Phi) is 3.28. The van der Waals surface area contributed by atoms with E-state index < -0.39 is 0 Å². The molecule has 0 bridgehead atoms. The molecular weight excluding hydrogens is 304 g/mol. The van der Waals surface area contributed by atoms with E-state index in [1.807, 2.05) is 22.7 Å². The van der Waals surface area contributed by atoms with Crippen molar-refractivity contribution in [3.63, 3.8) is 0 Å². The first kappa shape index (κ1) is 14.2. The zero-order valence-corrected chi connectivity index (χ0v) is 15.1. The lowest BCUT2D eigenvalue weighted by molar-refractivity contribution is 0.869. The number of rotatable bonds is 2. The molecule has 0 spiro atoms. The fourth-order valence-electron chi connectivity index (χ4n) is 3.01. The summed E-state index contributed by atoms with van der Waals surface area (Å²) < 4.78 is 5.79. The van der Waals surface area contributed by atoms with E-state index in [0.717, 1.165) is 0 Å². The molecule has 2 heteroatoms. The Labute approximate surface area is 139 Å². The van der Waals surface area contributed by atoms with Crippen LogP contribution in [0.15, 0.2) is 36.4 Å². The fraction of sp³-hybridized carbons (Fsp3) is 0.300. The van der Waals surface area contributed by atoms with Crippen molar-refractivity contribution in [3.8, 4) is 0 Å². The largest absolute Gasteiger partial charge is 0.134 e. The van der Waals surface area contributed by atoms with E-state index >= 15 is 0 Å². The Bertz CT molecular complexity index is 901. The van der Waals surface area contributed by atoms with Crippen LogP contribution in [0.3, 0.4) is 0 Å². The second kappa shape index (κ2) is 5.07. The first-order chi connectivity index (χ1) is 10.5. The molecule has 4 rings (SSSR count). The van der Waals surface area contributed by atoms with Gasteiger partial charge < -0.3 is 0 Å². The second-order valence-corrected chi connectivity index (χ2v) is 8.79. The number of benzene rings is 2. The highest BCUT2D eigenvalue weighted by atomic mass is 32.1. The molecule has 0 N–H and O–H groups in total. The monoisotopic (exact) mass is 324 g/mol. The predicted molar refractivity (Wildman–Crippen MR) is 103 cm³/mol. The third-order valence-electron chi connectivity index (χ3n) is 4.46. The molecule has 0 radical (unpaired) electrons. The van der Waals surface area contributed by atoms with Gasteiger partial charge in [-0.1, -0.05) is 52.0 Å². The molecule has 2 heterocycles. The Balaban J connectivity index is 2.01. The summed E-state index contributed by atoms with van der Waals surface area (Å²) in [4.78, 5) is 0. The van der Waals surface area contributed by atoms with Crippen LogP contribution in [0.1, 0.15) is 50.7 Å². The van der Waals surface area contributed by atoms with Gasteiger partial charge in [-0.3, -0.25) is 0 Å². The minimum absolute atomic E-state index is 0.592. The maximum absolute atomic E-state index is 2.38. The van der Waals surface area contributed by atoms with Crippen LogP contribution in [0, 0.1) is 0 Å². The van der Waals surface area contributed by atoms with Gasteiger partial charge >= 0.3 is 0 Å². The van der Waals surface area contributed by atoms with Gasteiger partial charge in [0.1, 0.15) is 0 Å². The minimum atomic E-state index is 0.592. The summed E-state index contributed by atoms with van der Waals surface area (Å²) in [7, 11) is 0. The van der Waals surface area contributed by atoms with Gasteiger partial charge in [0.2, 0.25) is 0 Å². The van der Waals surface area contributed by atoms with E-state index in [2.05, 4.69) is 64.1 Å². The van der Waals surface area contributed by atoms with E-state index in [1.165, 1.54) is 40.7 Å². The Hall–Kier alpha value is -1.38. The van der Waals surface area contributed by atoms with E-state index in [0.29, 0.717) is 11.8 Å². The van der Waals surface area contributed by atoms with Crippen molar-refractivity contribution >= 4 is 52.2 Å². The number of hydrogen-bond acceptors (Lipinski definition) is 2. The first-order valence-electron chi connectivity index (χ1n) is 7.93. The van der Waals surface area contributed by atoms with E-state index in [9.17, 15) is 0 Å². The molecule has 0 aliphatic rings. The predicted octanol–water partition coefficient (Wildman–Crippen LogP) is 7.52. The molecule has 0 fully saturated rings. The second-order valence-electron chi connectivity index (χ2n) is 6.68. The van der Waals surface area contributed by atoms with E-state index in [-0.39, 0.29) is 0 Å². The van der Waals surface area contributed by atoms with Crippen LogP contribution in [0.5, 0.6) is 0 Å². The van der Waals surface area contributed by atoms with Gasteiger partial charge in [-0.25, -0.2) is 0 Å². The molecule has 0 amide bonds. The molecule has 0 nitrogen and oxygen atoms in total. The lowest BCUT2D eigenvalue weighted by atomic mass is 10.0. The highest BCUT2D eigenvalue weighted by molar-refractivity contribution is 7.36. The first-order valence-corrected chi connectivity index (χ1v) is 9.56. The summed E-state index contributed by atoms with van der Waals surface area (Å²) in [5.41, 5.74) is 2.88. The standard InChI is InChI=1S/C20H20S2/c1-11(2)13-5-7-15-17(9-13)21-20-16-8-6-14(12(3)4)10-18(16)22-19(15)20/h5-12H,1-4H3. The van der Waals surface area contributed by atoms with Crippen molar-refractivity contribution in [1.82, 2.24) is 0 Å². The highest BCUT2D eigenvalue weighted by Crippen LogP contribution is 2.45. The van der Waals surface area contributed by atoms with Crippen LogP contribution in [0.4, 0.5) is 0 Å². The van der Waals surface area contributed by atoms with Crippen molar-refractivity contribution in [1.29, 1.82) is 0 Å². The van der Waals surface area contributed by atoms with Crippen molar-refractivity contribution in [2.24, 2.45) is 0 Å². The fourth-order valence-corrected chi connectivity index (χ4v) is 5.76. The molecule has 0 atom stereocenters. The highest BCUT2D eigenvalue weighted by Gasteiger charge is 2.13. The Morgan fingerprint density at radius 3 is 1.41 bits per heavy atom. The smallest absolute Gasteiger partial charge is 0.0542 e. The molecule has 0 saturated heterocycles. The lowest BCUT2D eigenvalue weighted by Gasteiger charge is -2.04. The molecule has 2 aromatic heterocycles. The molecular formula is C20H20S2. The van der Waals surface area contributed by atoms with Gasteiger partial charge in [-0.15, -0.1) is 22.7 Å². The molecule has 2 aromatic carbocycles. The number of fused-ring (bicyclic) bond motifs is 5. The van der Waals surface area contributed by atoms with Crippen LogP contribution in [0.2, 0.25) is 0 Å². The van der Waals surface area contributed by atoms with Gasteiger partial charge in [0.15, 0.2) is 0 Å². The molecule has 0 unspecified atom stereocenters. The molecule has 112 valence electrons. The zero-order valence-electron chi connectivity index (χ0n) is 13.4. The number of hydrogen-bond donors (Lipinski definition) is 0. The van der Waals surface area contributed by atoms with Gasteiger partial charge in [-0.05, 0) is 35.1 Å². The van der Waals surface area contributed by atoms with Crippen LogP contribution < -0.4 is 0 Å². The lowest BCUT2D eigenvalue weighted by Crippen LogP contribution is -1.84. The van der Waals surface area contributed by atoms with Crippen molar-refractivity contribution < 1.29 is 0 Å². The summed E-state index contributed by atoms with van der Waals surface area (Å²) in [6.07, 6.45) is 0. The van der Waals surface area contributed by atoms with Crippen LogP contribution in [0.25, 0.3) is 29.6 Å². The van der Waals surface area contributed by atoms with Crippen LogP contribution in [-0.2, 0) is 0 Å². The third kappa shape index (κ3) is 2.09. The molecule has 22 heavy (non-hydrogen) atoms. The minimum Gasteiger partial charge on any atom is -0.134 e. The van der Waals surface area contributed by atoms with Gasteiger partial charge in [0, 0.05) is 20.2 Å². The van der Waals surface area contributed by atoms with Crippen molar-refractivity contribution in [2.45, 2.75) is 39.5 Å². The zero-order chi connectivity index (χ0) is 15.4. The van der Waals surface area contributed by atoms with Crippen LogP contribution >= 0.6 is 22.7 Å². The van der Waals surface area contributed by atoms with Crippen molar-refractivity contribution in [3.05, 3.63) is 47.5 Å². The molecule has 4 aromatic rings. The molecule has 0 aliphatic carbocycles. The summed E-state index contributed by atoms with van der Waals surface area (Å²) in [5.74, 6) is 1.18. The Morgan fingerprint density at radius 1 is 0.636 bits per heavy atom. The van der Waals surface area contributed by atoms with E-state index in [1.54, 1.807) is 0 Å². The summed E-state index contributed by atoms with van der Waals surface area (Å²) in [5, 5.41) is 2.85. The van der Waals surface area contributed by atoms with Crippen LogP contribution in [-0.4, -0.2) is 0 Å². The van der Waals surface area contributed by atoms with Crippen molar-refractivity contribution in [2.75, 3.05) is 0 Å². The maximum Gasteiger partial charge on any atom is 0.0542 e.